The second-order valence-corrected chi connectivity index (χ2v) is 8.15. The van der Waals surface area contributed by atoms with Gasteiger partial charge in [-0.2, -0.15) is 0 Å². The van der Waals surface area contributed by atoms with Gasteiger partial charge in [0.25, 0.3) is 0 Å². The van der Waals surface area contributed by atoms with Crippen molar-refractivity contribution in [1.29, 1.82) is 0 Å². The van der Waals surface area contributed by atoms with Crippen LogP contribution in [0.25, 0.3) is 0 Å². The van der Waals surface area contributed by atoms with E-state index in [1.165, 1.54) is 0 Å². The standard InChI is InChI=1S/C23H30N4O4/c1-3-30-23(29)18-5-9-21(24-14-18)26-12-10-25(11-13-26)16-22(28)27(19-6-7-19)15-20-8-4-17(2)31-20/h4-5,8-9,14,19H,3,6-7,10-13,15-16H2,1-2H3. The van der Waals surface area contributed by atoms with Gasteiger partial charge in [0, 0.05) is 38.4 Å². The van der Waals surface area contributed by atoms with Crippen molar-refractivity contribution in [3.8, 4) is 0 Å². The quantitative estimate of drug-likeness (QED) is 0.600. The van der Waals surface area contributed by atoms with E-state index in [2.05, 4.69) is 14.8 Å². The first-order chi connectivity index (χ1) is 15.0. The Labute approximate surface area is 182 Å². The van der Waals surface area contributed by atoms with E-state index in [9.17, 15) is 9.59 Å². The molecule has 0 N–H and O–H groups in total. The number of piperazine rings is 1. The fourth-order valence-corrected chi connectivity index (χ4v) is 3.87. The van der Waals surface area contributed by atoms with Crippen LogP contribution < -0.4 is 4.90 Å². The summed E-state index contributed by atoms with van der Waals surface area (Å²) in [6.45, 7) is 8.21. The maximum Gasteiger partial charge on any atom is 0.339 e. The number of aryl methyl sites for hydroxylation is 1. The van der Waals surface area contributed by atoms with Gasteiger partial charge >= 0.3 is 5.97 Å². The van der Waals surface area contributed by atoms with Crippen molar-refractivity contribution in [2.45, 2.75) is 39.3 Å². The van der Waals surface area contributed by atoms with Crippen LogP contribution in [0, 0.1) is 6.92 Å². The zero-order valence-electron chi connectivity index (χ0n) is 18.2. The van der Waals surface area contributed by atoms with E-state index in [4.69, 9.17) is 9.15 Å². The molecule has 0 bridgehead atoms. The summed E-state index contributed by atoms with van der Waals surface area (Å²) >= 11 is 0. The molecule has 8 nitrogen and oxygen atoms in total. The lowest BCUT2D eigenvalue weighted by atomic mass is 10.2. The second-order valence-electron chi connectivity index (χ2n) is 8.15. The molecule has 4 rings (SSSR count). The van der Waals surface area contributed by atoms with Gasteiger partial charge < -0.3 is 19.0 Å². The number of furan rings is 1. The van der Waals surface area contributed by atoms with E-state index in [0.717, 1.165) is 56.4 Å². The first kappa shape index (κ1) is 21.4. The summed E-state index contributed by atoms with van der Waals surface area (Å²) in [6, 6.07) is 7.85. The first-order valence-corrected chi connectivity index (χ1v) is 11.0. The number of amides is 1. The SMILES string of the molecule is CCOC(=O)c1ccc(N2CCN(CC(=O)N(Cc3ccc(C)o3)C3CC3)CC2)nc1. The van der Waals surface area contributed by atoms with Crippen LogP contribution in [0.4, 0.5) is 5.82 Å². The number of carbonyl (C=O) groups is 2. The van der Waals surface area contributed by atoms with Crippen LogP contribution in [0.2, 0.25) is 0 Å². The van der Waals surface area contributed by atoms with Gasteiger partial charge in [-0.25, -0.2) is 9.78 Å². The van der Waals surface area contributed by atoms with E-state index in [1.807, 2.05) is 30.0 Å². The first-order valence-electron chi connectivity index (χ1n) is 11.0. The van der Waals surface area contributed by atoms with Crippen LogP contribution in [0.1, 0.15) is 41.6 Å². The van der Waals surface area contributed by atoms with Gasteiger partial charge in [-0.3, -0.25) is 9.69 Å². The van der Waals surface area contributed by atoms with Crippen molar-refractivity contribution in [2.24, 2.45) is 0 Å². The van der Waals surface area contributed by atoms with E-state index in [-0.39, 0.29) is 11.9 Å². The molecule has 166 valence electrons. The summed E-state index contributed by atoms with van der Waals surface area (Å²) in [4.78, 5) is 35.5. The number of nitrogens with zero attached hydrogens (tertiary/aromatic N) is 4. The van der Waals surface area contributed by atoms with Gasteiger partial charge in [0.2, 0.25) is 5.91 Å². The largest absolute Gasteiger partial charge is 0.464 e. The highest BCUT2D eigenvalue weighted by Crippen LogP contribution is 2.29. The Balaban J connectivity index is 1.28. The van der Waals surface area contributed by atoms with Crippen molar-refractivity contribution >= 4 is 17.7 Å². The lowest BCUT2D eigenvalue weighted by Gasteiger charge is -2.36. The molecule has 31 heavy (non-hydrogen) atoms. The summed E-state index contributed by atoms with van der Waals surface area (Å²) < 4.78 is 10.7. The fourth-order valence-electron chi connectivity index (χ4n) is 3.87. The number of carbonyl (C=O) groups excluding carboxylic acids is 2. The predicted molar refractivity (Wildman–Crippen MR) is 116 cm³/mol. The highest BCUT2D eigenvalue weighted by Gasteiger charge is 2.34. The van der Waals surface area contributed by atoms with E-state index >= 15 is 0 Å². The minimum atomic E-state index is -0.352. The molecule has 2 aromatic heterocycles. The Hall–Kier alpha value is -2.87. The normalized spacial score (nSPS) is 16.9. The molecule has 0 aromatic carbocycles. The molecule has 0 atom stereocenters. The van der Waals surface area contributed by atoms with Crippen LogP contribution in [0.5, 0.6) is 0 Å². The second kappa shape index (κ2) is 9.51. The molecule has 2 fully saturated rings. The monoisotopic (exact) mass is 426 g/mol. The number of hydrogen-bond donors (Lipinski definition) is 0. The smallest absolute Gasteiger partial charge is 0.339 e. The predicted octanol–water partition coefficient (Wildman–Crippen LogP) is 2.47. The summed E-state index contributed by atoms with van der Waals surface area (Å²) in [5, 5.41) is 0. The Morgan fingerprint density at radius 2 is 1.94 bits per heavy atom. The van der Waals surface area contributed by atoms with Crippen molar-refractivity contribution < 1.29 is 18.7 Å². The molecule has 1 saturated heterocycles. The van der Waals surface area contributed by atoms with Crippen molar-refractivity contribution in [1.82, 2.24) is 14.8 Å². The van der Waals surface area contributed by atoms with E-state index in [0.29, 0.717) is 31.3 Å². The molecule has 0 spiro atoms. The van der Waals surface area contributed by atoms with Gasteiger partial charge in [0.1, 0.15) is 17.3 Å². The number of anilines is 1. The molecule has 1 aliphatic heterocycles. The Morgan fingerprint density at radius 3 is 2.52 bits per heavy atom. The minimum absolute atomic E-state index is 0.168. The maximum absolute atomic E-state index is 13.0. The van der Waals surface area contributed by atoms with Crippen LogP contribution >= 0.6 is 0 Å². The van der Waals surface area contributed by atoms with Crippen LogP contribution in [-0.4, -0.2) is 72.0 Å². The molecule has 0 radical (unpaired) electrons. The number of esters is 1. The van der Waals surface area contributed by atoms with Crippen LogP contribution in [-0.2, 0) is 16.1 Å². The number of aromatic nitrogens is 1. The topological polar surface area (TPSA) is 79.1 Å². The molecule has 2 aromatic rings. The summed E-state index contributed by atoms with van der Waals surface area (Å²) in [6.07, 6.45) is 3.71. The van der Waals surface area contributed by atoms with Crippen LogP contribution in [0.3, 0.4) is 0 Å². The lowest BCUT2D eigenvalue weighted by molar-refractivity contribution is -0.134. The van der Waals surface area contributed by atoms with E-state index in [1.54, 1.807) is 19.2 Å². The van der Waals surface area contributed by atoms with Gasteiger partial charge in [-0.1, -0.05) is 0 Å². The number of rotatable bonds is 8. The van der Waals surface area contributed by atoms with Crippen LogP contribution in [0.15, 0.2) is 34.9 Å². The summed E-state index contributed by atoms with van der Waals surface area (Å²) in [7, 11) is 0. The summed E-state index contributed by atoms with van der Waals surface area (Å²) in [5.41, 5.74) is 0.460. The fraction of sp³-hybridized carbons (Fsp3) is 0.522. The Morgan fingerprint density at radius 1 is 1.16 bits per heavy atom. The van der Waals surface area contributed by atoms with E-state index < -0.39 is 0 Å². The molecular formula is C23H30N4O4. The Bertz CT molecular complexity index is 899. The lowest BCUT2D eigenvalue weighted by Crippen LogP contribution is -2.50. The molecule has 2 aliphatic rings. The van der Waals surface area contributed by atoms with Gasteiger partial charge in [0.15, 0.2) is 0 Å². The third kappa shape index (κ3) is 5.44. The molecule has 8 heteroatoms. The molecule has 1 amide bonds. The van der Waals surface area contributed by atoms with Crippen molar-refractivity contribution in [2.75, 3.05) is 44.2 Å². The third-order valence-electron chi connectivity index (χ3n) is 5.74. The average molecular weight is 427 g/mol. The highest BCUT2D eigenvalue weighted by atomic mass is 16.5. The number of hydrogen-bond acceptors (Lipinski definition) is 7. The number of pyridine rings is 1. The maximum atomic E-state index is 13.0. The zero-order chi connectivity index (χ0) is 21.8. The molecule has 1 aliphatic carbocycles. The van der Waals surface area contributed by atoms with Crippen molar-refractivity contribution in [3.63, 3.8) is 0 Å². The summed E-state index contributed by atoms with van der Waals surface area (Å²) in [5.74, 6) is 2.38. The number of ether oxygens (including phenoxy) is 1. The van der Waals surface area contributed by atoms with Gasteiger partial charge in [-0.15, -0.1) is 0 Å². The zero-order valence-corrected chi connectivity index (χ0v) is 18.2. The average Bonchev–Trinajstić information content (AvgIpc) is 3.54. The third-order valence-corrected chi connectivity index (χ3v) is 5.74. The molecule has 1 saturated carbocycles. The Kier molecular flexibility index (Phi) is 6.56. The molecular weight excluding hydrogens is 396 g/mol. The van der Waals surface area contributed by atoms with Gasteiger partial charge in [-0.05, 0) is 51.0 Å². The molecule has 3 heterocycles. The van der Waals surface area contributed by atoms with Gasteiger partial charge in [0.05, 0.1) is 25.3 Å². The highest BCUT2D eigenvalue weighted by molar-refractivity contribution is 5.89. The van der Waals surface area contributed by atoms with Crippen molar-refractivity contribution in [3.05, 3.63) is 47.5 Å². The minimum Gasteiger partial charge on any atom is -0.464 e. The molecule has 0 unspecified atom stereocenters.